The van der Waals surface area contributed by atoms with Crippen molar-refractivity contribution in [3.05, 3.63) is 23.8 Å². The van der Waals surface area contributed by atoms with Crippen LogP contribution in [0.25, 0.3) is 0 Å². The zero-order valence-corrected chi connectivity index (χ0v) is 11.6. The first-order valence-electron chi connectivity index (χ1n) is 7.06. The molecule has 2 rings (SSSR count). The fourth-order valence-corrected chi connectivity index (χ4v) is 2.71. The Morgan fingerprint density at radius 3 is 2.60 bits per heavy atom. The Kier molecular flexibility index (Phi) is 4.71. The molecule has 0 radical (unpaired) electrons. The molecule has 5 nitrogen and oxygen atoms in total. The third kappa shape index (κ3) is 3.56. The van der Waals surface area contributed by atoms with Crippen LogP contribution in [0, 0.1) is 0 Å². The molecule has 1 saturated carbocycles. The molecule has 1 aromatic rings. The van der Waals surface area contributed by atoms with Crippen molar-refractivity contribution in [1.82, 2.24) is 5.32 Å². The molecule has 1 aromatic carbocycles. The lowest BCUT2D eigenvalue weighted by molar-refractivity contribution is 0.0716. The van der Waals surface area contributed by atoms with E-state index >= 15 is 0 Å². The number of hydrogen-bond acceptors (Lipinski definition) is 4. The number of amides is 1. The minimum atomic E-state index is -0.358. The molecule has 110 valence electrons. The van der Waals surface area contributed by atoms with Crippen LogP contribution in [-0.2, 0) is 4.74 Å². The van der Waals surface area contributed by atoms with Gasteiger partial charge in [0, 0.05) is 12.6 Å². The number of hydrogen-bond donors (Lipinski definition) is 3. The van der Waals surface area contributed by atoms with E-state index < -0.39 is 0 Å². The number of aromatic hydroxyl groups is 2. The topological polar surface area (TPSA) is 78.8 Å². The SMILES string of the molecule is CCNC(=O)OC1CCC(c2ccc(O)cc2O)CC1. The lowest BCUT2D eigenvalue weighted by atomic mass is 9.82. The van der Waals surface area contributed by atoms with Gasteiger partial charge in [0.15, 0.2) is 0 Å². The molecule has 0 aliphatic heterocycles. The molecule has 1 aliphatic carbocycles. The smallest absolute Gasteiger partial charge is 0.407 e. The summed E-state index contributed by atoms with van der Waals surface area (Å²) in [6, 6.07) is 4.72. The zero-order valence-electron chi connectivity index (χ0n) is 11.6. The Balaban J connectivity index is 1.89. The number of nitrogens with one attached hydrogen (secondary N) is 1. The van der Waals surface area contributed by atoms with Gasteiger partial charge in [-0.05, 0) is 50.2 Å². The van der Waals surface area contributed by atoms with Crippen LogP contribution in [0.5, 0.6) is 11.5 Å². The summed E-state index contributed by atoms with van der Waals surface area (Å²) in [5, 5.41) is 21.8. The van der Waals surface area contributed by atoms with E-state index in [9.17, 15) is 15.0 Å². The highest BCUT2D eigenvalue weighted by Gasteiger charge is 2.26. The Labute approximate surface area is 118 Å². The molecule has 0 aromatic heterocycles. The third-order valence-corrected chi connectivity index (χ3v) is 3.72. The second-order valence-electron chi connectivity index (χ2n) is 5.15. The van der Waals surface area contributed by atoms with E-state index in [1.54, 1.807) is 12.1 Å². The lowest BCUT2D eigenvalue weighted by Crippen LogP contribution is -2.30. The van der Waals surface area contributed by atoms with Crippen LogP contribution >= 0.6 is 0 Å². The van der Waals surface area contributed by atoms with Crippen LogP contribution in [0.2, 0.25) is 0 Å². The molecule has 0 saturated heterocycles. The number of carbonyl (C=O) groups excluding carboxylic acids is 1. The summed E-state index contributed by atoms with van der Waals surface area (Å²) in [6.07, 6.45) is 2.91. The number of ether oxygens (including phenoxy) is 1. The summed E-state index contributed by atoms with van der Waals surface area (Å²) >= 11 is 0. The molecule has 0 atom stereocenters. The van der Waals surface area contributed by atoms with Crippen molar-refractivity contribution in [2.75, 3.05) is 6.54 Å². The van der Waals surface area contributed by atoms with Crippen molar-refractivity contribution in [1.29, 1.82) is 0 Å². The van der Waals surface area contributed by atoms with Gasteiger partial charge in [0.2, 0.25) is 0 Å². The van der Waals surface area contributed by atoms with Gasteiger partial charge in [0.25, 0.3) is 0 Å². The van der Waals surface area contributed by atoms with Crippen LogP contribution in [0.3, 0.4) is 0 Å². The van der Waals surface area contributed by atoms with Gasteiger partial charge in [-0.1, -0.05) is 6.07 Å². The standard InChI is InChI=1S/C15H21NO4/c1-2-16-15(19)20-12-6-3-10(4-7-12)13-8-5-11(17)9-14(13)18/h5,8-10,12,17-18H,2-4,6-7H2,1H3,(H,16,19). The molecule has 5 heteroatoms. The molecule has 0 heterocycles. The molecule has 3 N–H and O–H groups in total. The van der Waals surface area contributed by atoms with Crippen molar-refractivity contribution >= 4 is 6.09 Å². The van der Waals surface area contributed by atoms with E-state index in [1.807, 2.05) is 6.92 Å². The van der Waals surface area contributed by atoms with Crippen LogP contribution in [0.1, 0.15) is 44.1 Å². The second kappa shape index (κ2) is 6.50. The van der Waals surface area contributed by atoms with E-state index in [0.717, 1.165) is 31.2 Å². The third-order valence-electron chi connectivity index (χ3n) is 3.72. The fourth-order valence-electron chi connectivity index (χ4n) is 2.71. The van der Waals surface area contributed by atoms with Gasteiger partial charge in [-0.25, -0.2) is 4.79 Å². The Hall–Kier alpha value is -1.91. The summed E-state index contributed by atoms with van der Waals surface area (Å²) in [7, 11) is 0. The molecule has 1 fully saturated rings. The monoisotopic (exact) mass is 279 g/mol. The maximum absolute atomic E-state index is 11.4. The van der Waals surface area contributed by atoms with E-state index in [4.69, 9.17) is 4.74 Å². The Morgan fingerprint density at radius 1 is 1.30 bits per heavy atom. The fraction of sp³-hybridized carbons (Fsp3) is 0.533. The van der Waals surface area contributed by atoms with E-state index in [1.165, 1.54) is 6.07 Å². The van der Waals surface area contributed by atoms with Gasteiger partial charge in [-0.15, -0.1) is 0 Å². The van der Waals surface area contributed by atoms with Gasteiger partial charge < -0.3 is 20.3 Å². The van der Waals surface area contributed by atoms with Gasteiger partial charge in [-0.3, -0.25) is 0 Å². The highest BCUT2D eigenvalue weighted by atomic mass is 16.6. The van der Waals surface area contributed by atoms with Crippen LogP contribution in [0.15, 0.2) is 18.2 Å². The molecule has 20 heavy (non-hydrogen) atoms. The predicted octanol–water partition coefficient (Wildman–Crippen LogP) is 2.87. The summed E-state index contributed by atoms with van der Waals surface area (Å²) in [6.45, 7) is 2.42. The molecule has 0 bridgehead atoms. The summed E-state index contributed by atoms with van der Waals surface area (Å²) in [5.41, 5.74) is 0.860. The largest absolute Gasteiger partial charge is 0.508 e. The van der Waals surface area contributed by atoms with Crippen LogP contribution in [-0.4, -0.2) is 29.0 Å². The van der Waals surface area contributed by atoms with Gasteiger partial charge in [-0.2, -0.15) is 0 Å². The number of phenolic OH excluding ortho intramolecular Hbond substituents is 2. The molecule has 1 amide bonds. The first kappa shape index (κ1) is 14.5. The number of alkyl carbamates (subject to hydrolysis) is 1. The summed E-state index contributed by atoms with van der Waals surface area (Å²) < 4.78 is 5.31. The quantitative estimate of drug-likeness (QED) is 0.795. The Bertz CT molecular complexity index is 467. The highest BCUT2D eigenvalue weighted by molar-refractivity contribution is 5.67. The number of benzene rings is 1. The number of phenols is 2. The van der Waals surface area contributed by atoms with Crippen LogP contribution in [0.4, 0.5) is 4.79 Å². The average Bonchev–Trinajstić information content (AvgIpc) is 2.40. The molecular weight excluding hydrogens is 258 g/mol. The molecule has 0 spiro atoms. The first-order valence-corrected chi connectivity index (χ1v) is 7.06. The van der Waals surface area contributed by atoms with Gasteiger partial charge in [0.1, 0.15) is 17.6 Å². The van der Waals surface area contributed by atoms with Crippen molar-refractivity contribution in [2.45, 2.75) is 44.6 Å². The molecule has 1 aliphatic rings. The molecular formula is C15H21NO4. The van der Waals surface area contributed by atoms with E-state index in [2.05, 4.69) is 5.32 Å². The maximum Gasteiger partial charge on any atom is 0.407 e. The number of rotatable bonds is 3. The van der Waals surface area contributed by atoms with Gasteiger partial charge in [0.05, 0.1) is 0 Å². The zero-order chi connectivity index (χ0) is 14.5. The summed E-state index contributed by atoms with van der Waals surface area (Å²) in [4.78, 5) is 11.4. The van der Waals surface area contributed by atoms with Crippen molar-refractivity contribution in [3.63, 3.8) is 0 Å². The van der Waals surface area contributed by atoms with Crippen molar-refractivity contribution in [2.24, 2.45) is 0 Å². The van der Waals surface area contributed by atoms with E-state index in [-0.39, 0.29) is 29.6 Å². The second-order valence-corrected chi connectivity index (χ2v) is 5.15. The number of carbonyl (C=O) groups is 1. The van der Waals surface area contributed by atoms with E-state index in [0.29, 0.717) is 6.54 Å². The maximum atomic E-state index is 11.4. The van der Waals surface area contributed by atoms with Crippen molar-refractivity contribution in [3.8, 4) is 11.5 Å². The Morgan fingerprint density at radius 2 is 2.00 bits per heavy atom. The van der Waals surface area contributed by atoms with Crippen molar-refractivity contribution < 1.29 is 19.7 Å². The lowest BCUT2D eigenvalue weighted by Gasteiger charge is -2.28. The average molecular weight is 279 g/mol. The highest BCUT2D eigenvalue weighted by Crippen LogP contribution is 2.39. The minimum Gasteiger partial charge on any atom is -0.508 e. The molecule has 0 unspecified atom stereocenters. The first-order chi connectivity index (χ1) is 9.60. The summed E-state index contributed by atoms with van der Waals surface area (Å²) in [5.74, 6) is 0.460. The predicted molar refractivity (Wildman–Crippen MR) is 74.9 cm³/mol. The minimum absolute atomic E-state index is 0.0444. The normalized spacial score (nSPS) is 22.2. The van der Waals surface area contributed by atoms with Crippen LogP contribution < -0.4 is 5.32 Å². The van der Waals surface area contributed by atoms with Gasteiger partial charge >= 0.3 is 6.09 Å².